The monoisotopic (exact) mass is 682 g/mol. The molecule has 0 aromatic heterocycles. The maximum atomic E-state index is 14.5. The van der Waals surface area contributed by atoms with E-state index in [0.29, 0.717) is 45.6 Å². The van der Waals surface area contributed by atoms with Crippen molar-refractivity contribution in [1.29, 1.82) is 0 Å². The average Bonchev–Trinajstić information content (AvgIpc) is 3.61. The summed E-state index contributed by atoms with van der Waals surface area (Å²) in [5.74, 6) is -3.34. The lowest BCUT2D eigenvalue weighted by molar-refractivity contribution is -0.160. The van der Waals surface area contributed by atoms with Crippen molar-refractivity contribution in [3.05, 3.63) is 25.3 Å². The third kappa shape index (κ3) is 6.91. The van der Waals surface area contributed by atoms with E-state index in [1.807, 2.05) is 6.92 Å². The van der Waals surface area contributed by atoms with Gasteiger partial charge in [0.1, 0.15) is 17.7 Å². The van der Waals surface area contributed by atoms with Crippen molar-refractivity contribution in [2.24, 2.45) is 11.8 Å². The number of carbonyl (C=O) groups is 4. The van der Waals surface area contributed by atoms with Gasteiger partial charge in [0, 0.05) is 44.0 Å². The molecule has 8 atom stereocenters. The highest BCUT2D eigenvalue weighted by molar-refractivity contribution is 9.09. The number of aliphatic hydroxyl groups is 1. The molecule has 0 aliphatic carbocycles. The summed E-state index contributed by atoms with van der Waals surface area (Å²) in [7, 11) is 0. The van der Waals surface area contributed by atoms with Gasteiger partial charge in [-0.05, 0) is 26.2 Å². The van der Waals surface area contributed by atoms with Crippen molar-refractivity contribution in [3.8, 4) is 0 Å². The van der Waals surface area contributed by atoms with Crippen LogP contribution < -0.4 is 5.32 Å². The van der Waals surface area contributed by atoms with Gasteiger partial charge in [-0.1, -0.05) is 35.0 Å². The highest BCUT2D eigenvalue weighted by atomic mass is 79.9. The Labute approximate surface area is 268 Å². The number of allylic oxidation sites excluding steroid dienone is 1. The number of esters is 1. The highest BCUT2D eigenvalue weighted by Gasteiger charge is 2.77. The molecule has 246 valence electrons. The summed E-state index contributed by atoms with van der Waals surface area (Å²) >= 11 is 3.68. The standard InChI is InChI=1S/C31H47BrN4O8/c1-5-8-9-23(38)33-18-20(4)43-30(41)24-25-28(39)36(21(7-3)19-37)27(31(25)17-22(32)26(24)44-31)29(40)35(10-6-2)12-11-34-13-15-42-16-14-34/h5-6,20-22,24-27,37H,1-2,7-19H2,3-4H3,(H,33,38)/t20-,21-,22?,24+,25-,26+,27+,31-/m0/s1. The molecular weight excluding hydrogens is 636 g/mol. The molecule has 2 bridgehead atoms. The fraction of sp³-hybridized carbons (Fsp3) is 0.742. The number of fused-ring (bicyclic) bond motifs is 1. The average molecular weight is 684 g/mol. The SMILES string of the molecule is C=CCCC(=O)NC[C@H](C)OC(=O)[C@H]1[C@@H]2O[C@@]3(CC2Br)[C@@H]1C(=O)N([C@@H](CC)CO)[C@@H]3C(=O)N(CC=C)CCN1CCOCC1. The third-order valence-corrected chi connectivity index (χ3v) is 10.1. The second-order valence-electron chi connectivity index (χ2n) is 12.1. The van der Waals surface area contributed by atoms with Crippen molar-refractivity contribution < 1.29 is 38.5 Å². The van der Waals surface area contributed by atoms with E-state index in [1.54, 1.807) is 24.0 Å². The molecule has 4 aliphatic rings. The number of aliphatic hydroxyl groups excluding tert-OH is 1. The van der Waals surface area contributed by atoms with E-state index >= 15 is 0 Å². The molecule has 1 spiro atoms. The molecular formula is C31H47BrN4O8. The first kappa shape index (κ1) is 34.6. The maximum absolute atomic E-state index is 14.5. The Morgan fingerprint density at radius 1 is 1.27 bits per heavy atom. The summed E-state index contributed by atoms with van der Waals surface area (Å²) in [6, 6.07) is -1.65. The van der Waals surface area contributed by atoms with Gasteiger partial charge >= 0.3 is 5.97 Å². The van der Waals surface area contributed by atoms with E-state index in [1.165, 1.54) is 4.90 Å². The third-order valence-electron chi connectivity index (χ3n) is 9.24. The Kier molecular flexibility index (Phi) is 12.0. The van der Waals surface area contributed by atoms with Crippen molar-refractivity contribution in [2.75, 3.05) is 59.1 Å². The molecule has 0 saturated carbocycles. The number of nitrogens with one attached hydrogen (secondary N) is 1. The van der Waals surface area contributed by atoms with E-state index in [9.17, 15) is 24.3 Å². The number of nitrogens with zero attached hydrogens (tertiary/aromatic N) is 3. The van der Waals surface area contributed by atoms with Crippen LogP contribution in [0.1, 0.15) is 39.5 Å². The lowest BCUT2D eigenvalue weighted by Gasteiger charge is -2.39. The summed E-state index contributed by atoms with van der Waals surface area (Å²) in [6.45, 7) is 14.9. The molecule has 4 heterocycles. The second-order valence-corrected chi connectivity index (χ2v) is 13.2. The van der Waals surface area contributed by atoms with Gasteiger partial charge in [-0.25, -0.2) is 0 Å². The van der Waals surface area contributed by atoms with Crippen LogP contribution in [0.4, 0.5) is 0 Å². The van der Waals surface area contributed by atoms with Crippen LogP contribution in [0.25, 0.3) is 0 Å². The van der Waals surface area contributed by atoms with Gasteiger partial charge in [0.15, 0.2) is 0 Å². The minimum Gasteiger partial charge on any atom is -0.460 e. The van der Waals surface area contributed by atoms with E-state index in [4.69, 9.17) is 14.2 Å². The minimum absolute atomic E-state index is 0.122. The van der Waals surface area contributed by atoms with Gasteiger partial charge in [-0.15, -0.1) is 13.2 Å². The number of amides is 3. The Hall–Kier alpha value is -2.32. The fourth-order valence-corrected chi connectivity index (χ4v) is 7.97. The first-order chi connectivity index (χ1) is 21.1. The largest absolute Gasteiger partial charge is 0.460 e. The number of hydrogen-bond donors (Lipinski definition) is 2. The molecule has 4 aliphatic heterocycles. The van der Waals surface area contributed by atoms with Crippen molar-refractivity contribution in [1.82, 2.24) is 20.0 Å². The number of alkyl halides is 1. The van der Waals surface area contributed by atoms with Gasteiger partial charge in [-0.2, -0.15) is 0 Å². The van der Waals surface area contributed by atoms with Crippen molar-refractivity contribution in [2.45, 2.75) is 74.3 Å². The predicted octanol–water partition coefficient (Wildman–Crippen LogP) is 0.866. The fourth-order valence-electron chi connectivity index (χ4n) is 7.03. The van der Waals surface area contributed by atoms with E-state index < -0.39 is 47.7 Å². The molecule has 1 unspecified atom stereocenters. The summed E-state index contributed by atoms with van der Waals surface area (Å²) < 4.78 is 17.8. The quantitative estimate of drug-likeness (QED) is 0.138. The molecule has 2 N–H and O–H groups in total. The zero-order chi connectivity index (χ0) is 32.0. The molecule has 0 aromatic rings. The van der Waals surface area contributed by atoms with Crippen molar-refractivity contribution in [3.63, 3.8) is 0 Å². The number of hydrogen-bond acceptors (Lipinski definition) is 9. The van der Waals surface area contributed by atoms with Crippen LogP contribution in [-0.2, 0) is 33.4 Å². The highest BCUT2D eigenvalue weighted by Crippen LogP contribution is 2.60. The summed E-state index contributed by atoms with van der Waals surface area (Å²) in [6.07, 6.45) is 3.61. The summed E-state index contributed by atoms with van der Waals surface area (Å²) in [4.78, 5) is 59.7. The molecule has 44 heavy (non-hydrogen) atoms. The topological polar surface area (TPSA) is 138 Å². The van der Waals surface area contributed by atoms with E-state index in [-0.39, 0.29) is 48.7 Å². The van der Waals surface area contributed by atoms with Gasteiger partial charge in [0.25, 0.3) is 0 Å². The zero-order valence-electron chi connectivity index (χ0n) is 25.8. The van der Waals surface area contributed by atoms with E-state index in [0.717, 1.165) is 13.1 Å². The maximum Gasteiger partial charge on any atom is 0.312 e. The molecule has 0 radical (unpaired) electrons. The Morgan fingerprint density at radius 2 is 2.00 bits per heavy atom. The second kappa shape index (κ2) is 15.3. The van der Waals surface area contributed by atoms with Gasteiger partial charge < -0.3 is 34.4 Å². The molecule has 4 rings (SSSR count). The predicted molar refractivity (Wildman–Crippen MR) is 166 cm³/mol. The molecule has 12 nitrogen and oxygen atoms in total. The van der Waals surface area contributed by atoms with Crippen LogP contribution in [0.15, 0.2) is 25.3 Å². The van der Waals surface area contributed by atoms with E-state index in [2.05, 4.69) is 39.3 Å². The minimum atomic E-state index is -1.26. The molecule has 3 amide bonds. The number of morpholine rings is 1. The van der Waals surface area contributed by atoms with Crippen LogP contribution in [0, 0.1) is 11.8 Å². The van der Waals surface area contributed by atoms with Crippen molar-refractivity contribution >= 4 is 39.6 Å². The number of ether oxygens (including phenoxy) is 3. The Balaban J connectivity index is 1.58. The van der Waals surface area contributed by atoms with Gasteiger partial charge in [0.05, 0.1) is 50.3 Å². The molecule has 4 fully saturated rings. The number of rotatable bonds is 16. The first-order valence-corrected chi connectivity index (χ1v) is 16.6. The summed E-state index contributed by atoms with van der Waals surface area (Å²) in [5, 5.41) is 13.1. The molecule has 13 heteroatoms. The zero-order valence-corrected chi connectivity index (χ0v) is 27.4. The number of halogens is 1. The number of carbonyl (C=O) groups excluding carboxylic acids is 4. The normalized spacial score (nSPS) is 30.9. The van der Waals surface area contributed by atoms with Crippen LogP contribution in [0.5, 0.6) is 0 Å². The van der Waals surface area contributed by atoms with Gasteiger partial charge in [-0.3, -0.25) is 24.1 Å². The number of likely N-dealkylation sites (tertiary alicyclic amines) is 1. The summed E-state index contributed by atoms with van der Waals surface area (Å²) in [5.41, 5.74) is -1.26. The lowest BCUT2D eigenvalue weighted by Crippen LogP contribution is -2.59. The smallest absolute Gasteiger partial charge is 0.312 e. The lowest BCUT2D eigenvalue weighted by atomic mass is 9.70. The van der Waals surface area contributed by atoms with Crippen LogP contribution in [0.3, 0.4) is 0 Å². The van der Waals surface area contributed by atoms with Crippen LogP contribution in [0.2, 0.25) is 0 Å². The Bertz CT molecular complexity index is 1080. The van der Waals surface area contributed by atoms with Crippen LogP contribution >= 0.6 is 15.9 Å². The van der Waals surface area contributed by atoms with Crippen LogP contribution in [-0.4, -0.2) is 137 Å². The molecule has 4 saturated heterocycles. The molecule has 0 aromatic carbocycles. The van der Waals surface area contributed by atoms with Gasteiger partial charge in [0.2, 0.25) is 17.7 Å². The Morgan fingerprint density at radius 3 is 2.64 bits per heavy atom. The first-order valence-electron chi connectivity index (χ1n) is 15.7.